The van der Waals surface area contributed by atoms with Gasteiger partial charge in [0.25, 0.3) is 0 Å². The van der Waals surface area contributed by atoms with Crippen molar-refractivity contribution in [3.8, 4) is 11.5 Å². The van der Waals surface area contributed by atoms with Crippen LogP contribution in [0.3, 0.4) is 0 Å². The molecule has 0 bridgehead atoms. The van der Waals surface area contributed by atoms with E-state index in [2.05, 4.69) is 25.9 Å². The molecular weight excluding hydrogens is 422 g/mol. The highest BCUT2D eigenvalue weighted by molar-refractivity contribution is 9.10. The fraction of sp³-hybridized carbons (Fsp3) is 0.158. The van der Waals surface area contributed by atoms with Crippen LogP contribution in [-0.4, -0.2) is 18.8 Å². The summed E-state index contributed by atoms with van der Waals surface area (Å²) >= 11 is 9.40. The van der Waals surface area contributed by atoms with Crippen LogP contribution >= 0.6 is 27.5 Å². The summed E-state index contributed by atoms with van der Waals surface area (Å²) in [5.74, 6) is 0.644. The smallest absolute Gasteiger partial charge is 0.367 e. The summed E-state index contributed by atoms with van der Waals surface area (Å²) in [6, 6.07) is 11.0. The van der Waals surface area contributed by atoms with Crippen LogP contribution < -0.4 is 9.47 Å². The molecule has 0 aromatic heterocycles. The summed E-state index contributed by atoms with van der Waals surface area (Å²) < 4.78 is 12.0. The molecule has 0 saturated carbocycles. The second-order valence-electron chi connectivity index (χ2n) is 5.56. The molecule has 26 heavy (non-hydrogen) atoms. The molecule has 0 saturated heterocycles. The van der Waals surface area contributed by atoms with Crippen molar-refractivity contribution >= 4 is 45.3 Å². The first-order valence-corrected chi connectivity index (χ1v) is 8.88. The lowest BCUT2D eigenvalue weighted by molar-refractivity contribution is -0.136. The van der Waals surface area contributed by atoms with E-state index in [9.17, 15) is 4.79 Å². The number of carbonyl (C=O) groups excluding carboxylic acids is 1. The molecule has 0 fully saturated rings. The van der Waals surface area contributed by atoms with Crippen LogP contribution in [0.25, 0.3) is 6.08 Å². The SMILES string of the molecule is COc1cc(/C=C2/C(=O)ON=C2C)cc(Br)c1OCc1ccc(Cl)cc1. The number of hydrogen-bond acceptors (Lipinski definition) is 5. The topological polar surface area (TPSA) is 57.1 Å². The van der Waals surface area contributed by atoms with Gasteiger partial charge in [0.15, 0.2) is 11.5 Å². The largest absolute Gasteiger partial charge is 0.493 e. The monoisotopic (exact) mass is 435 g/mol. The Kier molecular flexibility index (Phi) is 5.64. The molecule has 0 spiro atoms. The maximum absolute atomic E-state index is 11.7. The molecule has 7 heteroatoms. The third-order valence-electron chi connectivity index (χ3n) is 3.73. The number of ether oxygens (including phenoxy) is 2. The molecular formula is C19H15BrClNO4. The second-order valence-corrected chi connectivity index (χ2v) is 6.85. The molecule has 1 aliphatic heterocycles. The number of nitrogens with zero attached hydrogens (tertiary/aromatic N) is 1. The highest BCUT2D eigenvalue weighted by atomic mass is 79.9. The molecule has 2 aromatic carbocycles. The number of carbonyl (C=O) groups is 1. The Bertz CT molecular complexity index is 907. The highest BCUT2D eigenvalue weighted by Gasteiger charge is 2.22. The standard InChI is InChI=1S/C19H15BrClNO4/c1-11-15(19(23)26-22-11)7-13-8-16(20)18(17(9-13)24-2)25-10-12-3-5-14(21)6-4-12/h3-9H,10H2,1-2H3/b15-7+. The summed E-state index contributed by atoms with van der Waals surface area (Å²) in [7, 11) is 1.56. The van der Waals surface area contributed by atoms with E-state index >= 15 is 0 Å². The average Bonchev–Trinajstić information content (AvgIpc) is 2.94. The second kappa shape index (κ2) is 7.93. The van der Waals surface area contributed by atoms with Crippen molar-refractivity contribution in [2.24, 2.45) is 5.16 Å². The molecule has 0 atom stereocenters. The van der Waals surface area contributed by atoms with Crippen LogP contribution in [0, 0.1) is 0 Å². The van der Waals surface area contributed by atoms with Gasteiger partial charge in [0.1, 0.15) is 6.61 Å². The molecule has 2 aromatic rings. The number of oxime groups is 1. The van der Waals surface area contributed by atoms with Crippen molar-refractivity contribution < 1.29 is 19.1 Å². The summed E-state index contributed by atoms with van der Waals surface area (Å²) in [6.07, 6.45) is 1.70. The predicted molar refractivity (Wildman–Crippen MR) is 104 cm³/mol. The minimum absolute atomic E-state index is 0.366. The van der Waals surface area contributed by atoms with E-state index in [0.29, 0.717) is 38.9 Å². The van der Waals surface area contributed by atoms with Gasteiger partial charge in [-0.2, -0.15) is 0 Å². The van der Waals surface area contributed by atoms with E-state index in [1.54, 1.807) is 26.2 Å². The Morgan fingerprint density at radius 3 is 2.62 bits per heavy atom. The molecule has 1 heterocycles. The normalized spacial score (nSPS) is 15.0. The van der Waals surface area contributed by atoms with Crippen LogP contribution in [0.5, 0.6) is 11.5 Å². The Morgan fingerprint density at radius 1 is 1.27 bits per heavy atom. The van der Waals surface area contributed by atoms with E-state index in [1.807, 2.05) is 30.3 Å². The van der Waals surface area contributed by atoms with Crippen molar-refractivity contribution in [2.75, 3.05) is 7.11 Å². The molecule has 5 nitrogen and oxygen atoms in total. The summed E-state index contributed by atoms with van der Waals surface area (Å²) in [5.41, 5.74) is 2.69. The fourth-order valence-corrected chi connectivity index (χ4v) is 3.09. The van der Waals surface area contributed by atoms with Gasteiger partial charge in [0.2, 0.25) is 0 Å². The van der Waals surface area contributed by atoms with Gasteiger partial charge in [-0.3, -0.25) is 0 Å². The van der Waals surface area contributed by atoms with Crippen molar-refractivity contribution in [3.05, 3.63) is 62.6 Å². The van der Waals surface area contributed by atoms with Gasteiger partial charge in [-0.1, -0.05) is 28.9 Å². The Hall–Kier alpha value is -2.31. The van der Waals surface area contributed by atoms with E-state index < -0.39 is 5.97 Å². The molecule has 1 aliphatic rings. The lowest BCUT2D eigenvalue weighted by Gasteiger charge is -2.14. The lowest BCUT2D eigenvalue weighted by Crippen LogP contribution is -2.02. The minimum atomic E-state index is -0.472. The molecule has 0 radical (unpaired) electrons. The Morgan fingerprint density at radius 2 is 2.00 bits per heavy atom. The average molecular weight is 437 g/mol. The van der Waals surface area contributed by atoms with Gasteiger partial charge in [-0.25, -0.2) is 4.79 Å². The number of hydrogen-bond donors (Lipinski definition) is 0. The number of rotatable bonds is 5. The molecule has 0 N–H and O–H groups in total. The van der Waals surface area contributed by atoms with Gasteiger partial charge >= 0.3 is 5.97 Å². The highest BCUT2D eigenvalue weighted by Crippen LogP contribution is 2.38. The molecule has 3 rings (SSSR count). The molecule has 134 valence electrons. The third-order valence-corrected chi connectivity index (χ3v) is 4.58. The van der Waals surface area contributed by atoms with Gasteiger partial charge in [0.05, 0.1) is 22.9 Å². The summed E-state index contributed by atoms with van der Waals surface area (Å²) in [6.45, 7) is 2.08. The predicted octanol–water partition coefficient (Wildman–Crippen LogP) is 5.01. The lowest BCUT2D eigenvalue weighted by atomic mass is 10.1. The Labute approximate surface area is 164 Å². The molecule has 0 unspecified atom stereocenters. The minimum Gasteiger partial charge on any atom is -0.493 e. The first-order valence-electron chi connectivity index (χ1n) is 7.70. The van der Waals surface area contributed by atoms with Crippen molar-refractivity contribution in [1.29, 1.82) is 0 Å². The first-order chi connectivity index (χ1) is 12.5. The third kappa shape index (κ3) is 4.08. The maximum Gasteiger partial charge on any atom is 0.367 e. The van der Waals surface area contributed by atoms with Crippen molar-refractivity contribution in [3.63, 3.8) is 0 Å². The summed E-state index contributed by atoms with van der Waals surface area (Å²) in [4.78, 5) is 16.4. The van der Waals surface area contributed by atoms with Crippen LogP contribution in [0.2, 0.25) is 5.02 Å². The Balaban J connectivity index is 1.85. The van der Waals surface area contributed by atoms with E-state index in [1.165, 1.54) is 0 Å². The van der Waals surface area contributed by atoms with E-state index in [0.717, 1.165) is 11.1 Å². The van der Waals surface area contributed by atoms with Gasteiger partial charge in [0, 0.05) is 5.02 Å². The van der Waals surface area contributed by atoms with Crippen molar-refractivity contribution in [1.82, 2.24) is 0 Å². The fourth-order valence-electron chi connectivity index (χ4n) is 2.39. The maximum atomic E-state index is 11.7. The molecule has 0 amide bonds. The quantitative estimate of drug-likeness (QED) is 0.488. The van der Waals surface area contributed by atoms with Gasteiger partial charge in [-0.05, 0) is 64.3 Å². The van der Waals surface area contributed by atoms with Gasteiger partial charge in [-0.15, -0.1) is 0 Å². The number of halogens is 2. The van der Waals surface area contributed by atoms with Crippen molar-refractivity contribution in [2.45, 2.75) is 13.5 Å². The van der Waals surface area contributed by atoms with Gasteiger partial charge < -0.3 is 14.3 Å². The van der Waals surface area contributed by atoms with Crippen LogP contribution in [-0.2, 0) is 16.2 Å². The first kappa shape index (κ1) is 18.5. The van der Waals surface area contributed by atoms with Crippen LogP contribution in [0.15, 0.2) is 51.6 Å². The van der Waals surface area contributed by atoms with E-state index in [4.69, 9.17) is 21.1 Å². The van der Waals surface area contributed by atoms with Crippen LogP contribution in [0.1, 0.15) is 18.1 Å². The summed E-state index contributed by atoms with van der Waals surface area (Å²) in [5, 5.41) is 4.34. The number of benzene rings is 2. The van der Waals surface area contributed by atoms with Crippen LogP contribution in [0.4, 0.5) is 0 Å². The zero-order chi connectivity index (χ0) is 18.7. The zero-order valence-corrected chi connectivity index (χ0v) is 16.4. The zero-order valence-electron chi connectivity index (χ0n) is 14.1. The van der Waals surface area contributed by atoms with E-state index in [-0.39, 0.29) is 0 Å². The number of methoxy groups -OCH3 is 1. The molecule has 0 aliphatic carbocycles.